The van der Waals surface area contributed by atoms with Crippen molar-refractivity contribution in [3.05, 3.63) is 36.2 Å². The van der Waals surface area contributed by atoms with Gasteiger partial charge in [-0.3, -0.25) is 14.4 Å². The maximum Gasteiger partial charge on any atom is 0.471 e. The van der Waals surface area contributed by atoms with Crippen molar-refractivity contribution in [2.75, 3.05) is 19.8 Å². The summed E-state index contributed by atoms with van der Waals surface area (Å²) in [4.78, 5) is 40.5. The molecule has 1 aromatic carbocycles. The van der Waals surface area contributed by atoms with Gasteiger partial charge in [0.05, 0.1) is 12.3 Å². The number of hydrogen-bond donors (Lipinski definition) is 2. The van der Waals surface area contributed by atoms with Gasteiger partial charge in [0, 0.05) is 30.5 Å². The maximum atomic E-state index is 13.7. The van der Waals surface area contributed by atoms with E-state index in [1.165, 1.54) is 11.1 Å². The summed E-state index contributed by atoms with van der Waals surface area (Å²) in [5.41, 5.74) is -0.0440. The molecule has 2 aliphatic heterocycles. The average Bonchev–Trinajstić information content (AvgIpc) is 3.34. The Morgan fingerprint density at radius 2 is 2.00 bits per heavy atom. The second kappa shape index (κ2) is 10.3. The molecule has 10 nitrogen and oxygen atoms in total. The summed E-state index contributed by atoms with van der Waals surface area (Å²) < 4.78 is 44.7. The molecule has 5 rings (SSSR count). The highest BCUT2D eigenvalue weighted by molar-refractivity contribution is 5.95. The van der Waals surface area contributed by atoms with Crippen LogP contribution in [0.4, 0.5) is 13.2 Å². The van der Waals surface area contributed by atoms with E-state index in [4.69, 9.17) is 4.74 Å². The summed E-state index contributed by atoms with van der Waals surface area (Å²) >= 11 is 0. The molecule has 3 heterocycles. The lowest BCUT2D eigenvalue weighted by atomic mass is 9.95. The van der Waals surface area contributed by atoms with Gasteiger partial charge in [-0.1, -0.05) is 38.1 Å². The summed E-state index contributed by atoms with van der Waals surface area (Å²) in [6.45, 7) is 4.75. The number of amides is 3. The number of alkyl halides is 3. The molecular weight excluding hydrogens is 529 g/mol. The Labute approximate surface area is 228 Å². The van der Waals surface area contributed by atoms with E-state index in [0.717, 1.165) is 5.39 Å². The zero-order valence-corrected chi connectivity index (χ0v) is 21.9. The molecule has 3 aliphatic rings. The first kappa shape index (κ1) is 27.8. The van der Waals surface area contributed by atoms with Gasteiger partial charge >= 0.3 is 12.1 Å². The number of likely N-dealkylation sites (tertiary alicyclic amines) is 1. The van der Waals surface area contributed by atoms with Crippen LogP contribution in [0, 0.1) is 34.5 Å². The lowest BCUT2D eigenvalue weighted by Crippen LogP contribution is -2.57. The highest BCUT2D eigenvalue weighted by Gasteiger charge is 2.69. The van der Waals surface area contributed by atoms with Crippen LogP contribution in [0.3, 0.4) is 0 Å². The van der Waals surface area contributed by atoms with E-state index in [1.54, 1.807) is 24.3 Å². The Morgan fingerprint density at radius 3 is 2.67 bits per heavy atom. The number of aromatic nitrogens is 2. The highest BCUT2D eigenvalue weighted by atomic mass is 19.4. The standard InChI is InChI=1S/C27H29F3N6O4/c1-26(2)17-12-36(24(38)18(9-14-7-8-40-13-14)34-25(39)27(28,29)30)22(20(17)26)23(37)33-19(10-31)21-16-6-4-3-5-15(16)11-32-35-21/h3-6,11,14,17-20,22H,7-9,12-13H2,1-2H3,(H,33,37)(H,34,39)/t14?,17-,18-,19?,20-,22-/m0/s1. The molecule has 0 bridgehead atoms. The largest absolute Gasteiger partial charge is 0.471 e. The second-order valence-electron chi connectivity index (χ2n) is 11.3. The molecule has 2 unspecified atom stereocenters. The van der Waals surface area contributed by atoms with Gasteiger partial charge < -0.3 is 20.3 Å². The van der Waals surface area contributed by atoms with Gasteiger partial charge in [0.2, 0.25) is 11.8 Å². The predicted molar refractivity (Wildman–Crippen MR) is 134 cm³/mol. The molecule has 1 aliphatic carbocycles. The van der Waals surface area contributed by atoms with Gasteiger partial charge in [0.25, 0.3) is 0 Å². The van der Waals surface area contributed by atoms with Crippen LogP contribution in [0.1, 0.15) is 38.4 Å². The fourth-order valence-electron chi connectivity index (χ4n) is 6.23. The van der Waals surface area contributed by atoms with E-state index >= 15 is 0 Å². The highest BCUT2D eigenvalue weighted by Crippen LogP contribution is 2.65. The molecule has 13 heteroatoms. The van der Waals surface area contributed by atoms with Crippen molar-refractivity contribution in [2.45, 2.75) is 51.0 Å². The Balaban J connectivity index is 1.40. The monoisotopic (exact) mass is 558 g/mol. The minimum absolute atomic E-state index is 0.0450. The van der Waals surface area contributed by atoms with E-state index in [-0.39, 0.29) is 48.4 Å². The SMILES string of the molecule is CC1(C)[C@@H]2[C@@H](C(=O)NC(C#N)c3nncc4ccccc34)N(C(=O)[C@H](CC3CCOC3)NC(=O)C(F)(F)F)C[C@@H]21. The van der Waals surface area contributed by atoms with Gasteiger partial charge in [0.15, 0.2) is 6.04 Å². The lowest BCUT2D eigenvalue weighted by Gasteiger charge is -2.34. The minimum Gasteiger partial charge on any atom is -0.381 e. The van der Waals surface area contributed by atoms with Gasteiger partial charge in [0.1, 0.15) is 17.8 Å². The van der Waals surface area contributed by atoms with Crippen molar-refractivity contribution >= 4 is 28.5 Å². The van der Waals surface area contributed by atoms with Crippen LogP contribution in [-0.4, -0.2) is 70.8 Å². The molecule has 0 radical (unpaired) electrons. The number of fused-ring (bicyclic) bond motifs is 2. The molecule has 2 aromatic rings. The summed E-state index contributed by atoms with van der Waals surface area (Å²) in [7, 11) is 0. The van der Waals surface area contributed by atoms with Gasteiger partial charge in [-0.25, -0.2) is 0 Å². The minimum atomic E-state index is -5.17. The fourth-order valence-corrected chi connectivity index (χ4v) is 6.23. The number of ether oxygens (including phenoxy) is 1. The van der Waals surface area contributed by atoms with Crippen molar-refractivity contribution in [2.24, 2.45) is 23.2 Å². The van der Waals surface area contributed by atoms with Crippen LogP contribution in [0.15, 0.2) is 30.5 Å². The summed E-state index contributed by atoms with van der Waals surface area (Å²) in [5, 5.41) is 23.8. The number of piperidine rings is 1. The number of carbonyl (C=O) groups is 3. The summed E-state index contributed by atoms with van der Waals surface area (Å²) in [5.74, 6) is -4.11. The Bertz CT molecular complexity index is 1360. The third-order valence-electron chi connectivity index (χ3n) is 8.50. The number of nitriles is 1. The predicted octanol–water partition coefficient (Wildman–Crippen LogP) is 2.27. The normalized spacial score (nSPS) is 26.4. The van der Waals surface area contributed by atoms with Gasteiger partial charge in [-0.15, -0.1) is 0 Å². The third kappa shape index (κ3) is 5.08. The smallest absolute Gasteiger partial charge is 0.381 e. The molecule has 1 aromatic heterocycles. The number of nitrogens with one attached hydrogen (secondary N) is 2. The molecule has 3 amide bonds. The molecule has 212 valence electrons. The summed E-state index contributed by atoms with van der Waals surface area (Å²) in [6, 6.07) is 5.46. The lowest BCUT2D eigenvalue weighted by molar-refractivity contribution is -0.175. The molecule has 40 heavy (non-hydrogen) atoms. The zero-order valence-electron chi connectivity index (χ0n) is 21.9. The third-order valence-corrected chi connectivity index (χ3v) is 8.50. The Kier molecular flexibility index (Phi) is 7.16. The van der Waals surface area contributed by atoms with E-state index in [9.17, 15) is 32.8 Å². The van der Waals surface area contributed by atoms with Gasteiger partial charge in [-0.05, 0) is 36.0 Å². The average molecular weight is 559 g/mol. The van der Waals surface area contributed by atoms with E-state index in [2.05, 4.69) is 15.5 Å². The van der Waals surface area contributed by atoms with Crippen molar-refractivity contribution in [3.63, 3.8) is 0 Å². The molecule has 6 atom stereocenters. The Hall–Kier alpha value is -3.79. The van der Waals surface area contributed by atoms with Crippen LogP contribution in [0.5, 0.6) is 0 Å². The molecule has 3 fully saturated rings. The maximum absolute atomic E-state index is 13.7. The van der Waals surface area contributed by atoms with Crippen LogP contribution in [0.25, 0.3) is 10.8 Å². The fraction of sp³-hybridized carbons (Fsp3) is 0.556. The number of benzene rings is 1. The van der Waals surface area contributed by atoms with Crippen LogP contribution >= 0.6 is 0 Å². The van der Waals surface area contributed by atoms with Crippen molar-refractivity contribution in [3.8, 4) is 6.07 Å². The van der Waals surface area contributed by atoms with Crippen LogP contribution in [-0.2, 0) is 19.1 Å². The number of nitrogens with zero attached hydrogens (tertiary/aromatic N) is 4. The Morgan fingerprint density at radius 1 is 1.25 bits per heavy atom. The van der Waals surface area contributed by atoms with E-state index in [1.807, 2.05) is 25.2 Å². The van der Waals surface area contributed by atoms with Crippen molar-refractivity contribution in [1.82, 2.24) is 25.7 Å². The molecule has 0 spiro atoms. The first-order valence-corrected chi connectivity index (χ1v) is 13.1. The number of rotatable bonds is 7. The van der Waals surface area contributed by atoms with Crippen LogP contribution in [0.2, 0.25) is 0 Å². The molecular formula is C27H29F3N6O4. The molecule has 2 N–H and O–H groups in total. The number of hydrogen-bond acceptors (Lipinski definition) is 7. The topological polar surface area (TPSA) is 137 Å². The second-order valence-corrected chi connectivity index (χ2v) is 11.3. The number of carbonyl (C=O) groups excluding carboxylic acids is 3. The molecule has 1 saturated carbocycles. The number of halogens is 3. The van der Waals surface area contributed by atoms with E-state index < -0.39 is 42.0 Å². The quantitative estimate of drug-likeness (QED) is 0.532. The first-order chi connectivity index (χ1) is 18.9. The zero-order chi connectivity index (χ0) is 28.8. The first-order valence-electron chi connectivity index (χ1n) is 13.1. The summed E-state index contributed by atoms with van der Waals surface area (Å²) in [6.07, 6.45) is -3.13. The molecule has 2 saturated heterocycles. The van der Waals surface area contributed by atoms with Crippen LogP contribution < -0.4 is 10.6 Å². The van der Waals surface area contributed by atoms with Crippen molar-refractivity contribution in [1.29, 1.82) is 5.26 Å². The van der Waals surface area contributed by atoms with E-state index in [0.29, 0.717) is 18.4 Å². The van der Waals surface area contributed by atoms with Crippen molar-refractivity contribution < 1.29 is 32.3 Å². The van der Waals surface area contributed by atoms with Gasteiger partial charge in [-0.2, -0.15) is 28.6 Å².